The highest BCUT2D eigenvalue weighted by Crippen LogP contribution is 2.22. The SMILES string of the molecule is N[C@H]1CCCN(c2cccc(Br)c2)C1. The summed E-state index contributed by atoms with van der Waals surface area (Å²) in [5.41, 5.74) is 7.22. The van der Waals surface area contributed by atoms with Gasteiger partial charge in [-0.3, -0.25) is 0 Å². The van der Waals surface area contributed by atoms with Crippen molar-refractivity contribution in [1.82, 2.24) is 0 Å². The lowest BCUT2D eigenvalue weighted by molar-refractivity contribution is 0.506. The number of piperidine rings is 1. The number of hydrogen-bond donors (Lipinski definition) is 1. The van der Waals surface area contributed by atoms with E-state index in [1.165, 1.54) is 12.1 Å². The third-order valence-corrected chi connectivity index (χ3v) is 3.12. The fourth-order valence-corrected chi connectivity index (χ4v) is 2.30. The van der Waals surface area contributed by atoms with Gasteiger partial charge in [-0.2, -0.15) is 0 Å². The van der Waals surface area contributed by atoms with Gasteiger partial charge in [0.15, 0.2) is 0 Å². The van der Waals surface area contributed by atoms with Gasteiger partial charge in [0.05, 0.1) is 0 Å². The number of nitrogens with two attached hydrogens (primary N) is 1. The summed E-state index contributed by atoms with van der Waals surface area (Å²) in [4.78, 5) is 2.36. The van der Waals surface area contributed by atoms with E-state index in [9.17, 15) is 0 Å². The molecule has 0 radical (unpaired) electrons. The van der Waals surface area contributed by atoms with Crippen molar-refractivity contribution in [1.29, 1.82) is 0 Å². The Morgan fingerprint density at radius 1 is 1.43 bits per heavy atom. The smallest absolute Gasteiger partial charge is 0.0378 e. The first kappa shape index (κ1) is 9.99. The quantitative estimate of drug-likeness (QED) is 0.834. The molecular weight excluding hydrogens is 240 g/mol. The Morgan fingerprint density at radius 3 is 3.00 bits per heavy atom. The highest BCUT2D eigenvalue weighted by Gasteiger charge is 2.16. The Balaban J connectivity index is 2.14. The maximum atomic E-state index is 5.95. The summed E-state index contributed by atoms with van der Waals surface area (Å²) in [7, 11) is 0. The molecule has 0 bridgehead atoms. The number of rotatable bonds is 1. The predicted octanol–water partition coefficient (Wildman–Crippen LogP) is 2.38. The molecule has 0 spiro atoms. The second kappa shape index (κ2) is 4.32. The minimum absolute atomic E-state index is 0.336. The molecule has 2 nitrogen and oxygen atoms in total. The highest BCUT2D eigenvalue weighted by molar-refractivity contribution is 9.10. The largest absolute Gasteiger partial charge is 0.370 e. The van der Waals surface area contributed by atoms with Crippen molar-refractivity contribution in [3.63, 3.8) is 0 Å². The van der Waals surface area contributed by atoms with Crippen molar-refractivity contribution < 1.29 is 0 Å². The Bertz CT molecular complexity index is 314. The fraction of sp³-hybridized carbons (Fsp3) is 0.455. The lowest BCUT2D eigenvalue weighted by atomic mass is 10.1. The third kappa shape index (κ3) is 2.28. The third-order valence-electron chi connectivity index (χ3n) is 2.63. The van der Waals surface area contributed by atoms with E-state index >= 15 is 0 Å². The molecule has 0 amide bonds. The maximum Gasteiger partial charge on any atom is 0.0378 e. The average molecular weight is 255 g/mol. The van der Waals surface area contributed by atoms with Gasteiger partial charge in [0.2, 0.25) is 0 Å². The minimum atomic E-state index is 0.336. The Hall–Kier alpha value is -0.540. The zero-order valence-corrected chi connectivity index (χ0v) is 9.70. The Labute approximate surface area is 93.2 Å². The van der Waals surface area contributed by atoms with Crippen LogP contribution in [-0.2, 0) is 0 Å². The molecule has 1 saturated heterocycles. The van der Waals surface area contributed by atoms with Crippen LogP contribution in [-0.4, -0.2) is 19.1 Å². The number of halogens is 1. The van der Waals surface area contributed by atoms with E-state index < -0.39 is 0 Å². The zero-order chi connectivity index (χ0) is 9.97. The number of anilines is 1. The zero-order valence-electron chi connectivity index (χ0n) is 8.12. The molecule has 1 aliphatic rings. The van der Waals surface area contributed by atoms with Crippen LogP contribution in [0.4, 0.5) is 5.69 Å². The van der Waals surface area contributed by atoms with Crippen LogP contribution < -0.4 is 10.6 Å². The molecule has 0 aromatic heterocycles. The minimum Gasteiger partial charge on any atom is -0.370 e. The van der Waals surface area contributed by atoms with E-state index in [2.05, 4.69) is 39.0 Å². The van der Waals surface area contributed by atoms with Crippen molar-refractivity contribution in [2.24, 2.45) is 5.73 Å². The van der Waals surface area contributed by atoms with Crippen molar-refractivity contribution in [2.45, 2.75) is 18.9 Å². The second-order valence-electron chi connectivity index (χ2n) is 3.83. The van der Waals surface area contributed by atoms with Crippen molar-refractivity contribution in [3.05, 3.63) is 28.7 Å². The fourth-order valence-electron chi connectivity index (χ4n) is 1.92. The van der Waals surface area contributed by atoms with Gasteiger partial charge in [0.1, 0.15) is 0 Å². The molecule has 1 aromatic rings. The summed E-state index contributed by atoms with van der Waals surface area (Å²) in [6.07, 6.45) is 2.36. The van der Waals surface area contributed by atoms with E-state index in [4.69, 9.17) is 5.73 Å². The lowest BCUT2D eigenvalue weighted by Gasteiger charge is -2.32. The number of hydrogen-bond acceptors (Lipinski definition) is 2. The van der Waals surface area contributed by atoms with Crippen LogP contribution in [0.1, 0.15) is 12.8 Å². The molecule has 1 fully saturated rings. The molecule has 0 aliphatic carbocycles. The van der Waals surface area contributed by atoms with Gasteiger partial charge >= 0.3 is 0 Å². The van der Waals surface area contributed by atoms with Crippen molar-refractivity contribution in [2.75, 3.05) is 18.0 Å². The number of benzene rings is 1. The van der Waals surface area contributed by atoms with E-state index in [1.807, 2.05) is 6.07 Å². The summed E-state index contributed by atoms with van der Waals surface area (Å²) in [6.45, 7) is 2.11. The first-order valence-electron chi connectivity index (χ1n) is 5.02. The van der Waals surface area contributed by atoms with Crippen molar-refractivity contribution >= 4 is 21.6 Å². The monoisotopic (exact) mass is 254 g/mol. The molecule has 1 atom stereocenters. The standard InChI is InChI=1S/C11H15BrN2/c12-9-3-1-5-11(7-9)14-6-2-4-10(13)8-14/h1,3,5,7,10H,2,4,6,8,13H2/t10-/m0/s1. The van der Waals surface area contributed by atoms with Crippen LogP contribution in [0.2, 0.25) is 0 Å². The summed E-state index contributed by atoms with van der Waals surface area (Å²) in [6, 6.07) is 8.75. The van der Waals surface area contributed by atoms with Crippen molar-refractivity contribution in [3.8, 4) is 0 Å². The van der Waals surface area contributed by atoms with Gasteiger partial charge in [0, 0.05) is 29.3 Å². The molecule has 14 heavy (non-hydrogen) atoms. The summed E-state index contributed by atoms with van der Waals surface area (Å²) >= 11 is 3.49. The van der Waals surface area contributed by atoms with Gasteiger partial charge in [-0.25, -0.2) is 0 Å². The van der Waals surface area contributed by atoms with E-state index in [0.717, 1.165) is 24.0 Å². The summed E-state index contributed by atoms with van der Waals surface area (Å²) < 4.78 is 1.13. The Morgan fingerprint density at radius 2 is 2.29 bits per heavy atom. The number of nitrogens with zero attached hydrogens (tertiary/aromatic N) is 1. The van der Waals surface area contributed by atoms with Gasteiger partial charge < -0.3 is 10.6 Å². The lowest BCUT2D eigenvalue weighted by Crippen LogP contribution is -2.42. The molecule has 2 N–H and O–H groups in total. The molecule has 0 saturated carbocycles. The van der Waals surface area contributed by atoms with Gasteiger partial charge in [-0.15, -0.1) is 0 Å². The molecule has 76 valence electrons. The molecular formula is C11H15BrN2. The topological polar surface area (TPSA) is 29.3 Å². The van der Waals surface area contributed by atoms with Crippen LogP contribution in [0, 0.1) is 0 Å². The van der Waals surface area contributed by atoms with Gasteiger partial charge in [-0.05, 0) is 31.0 Å². The Kier molecular flexibility index (Phi) is 3.08. The normalized spacial score (nSPS) is 22.4. The molecule has 3 heteroatoms. The molecule has 1 aliphatic heterocycles. The predicted molar refractivity (Wildman–Crippen MR) is 63.6 cm³/mol. The maximum absolute atomic E-state index is 5.95. The van der Waals surface area contributed by atoms with Gasteiger partial charge in [0.25, 0.3) is 0 Å². The summed E-state index contributed by atoms with van der Waals surface area (Å²) in [5.74, 6) is 0. The summed E-state index contributed by atoms with van der Waals surface area (Å²) in [5, 5.41) is 0. The average Bonchev–Trinajstić information content (AvgIpc) is 2.18. The molecule has 1 heterocycles. The van der Waals surface area contributed by atoms with Crippen LogP contribution in [0.5, 0.6) is 0 Å². The molecule has 1 aromatic carbocycles. The van der Waals surface area contributed by atoms with Crippen LogP contribution >= 0.6 is 15.9 Å². The van der Waals surface area contributed by atoms with E-state index in [1.54, 1.807) is 0 Å². The van der Waals surface area contributed by atoms with E-state index in [0.29, 0.717) is 6.04 Å². The first-order valence-corrected chi connectivity index (χ1v) is 5.81. The van der Waals surface area contributed by atoms with E-state index in [-0.39, 0.29) is 0 Å². The molecule has 2 rings (SSSR count). The van der Waals surface area contributed by atoms with Crippen LogP contribution in [0.25, 0.3) is 0 Å². The first-order chi connectivity index (χ1) is 6.75. The van der Waals surface area contributed by atoms with Crippen LogP contribution in [0.3, 0.4) is 0 Å². The molecule has 0 unspecified atom stereocenters. The second-order valence-corrected chi connectivity index (χ2v) is 4.74. The van der Waals surface area contributed by atoms with Gasteiger partial charge in [-0.1, -0.05) is 22.0 Å². The highest BCUT2D eigenvalue weighted by atomic mass is 79.9. The van der Waals surface area contributed by atoms with Crippen LogP contribution in [0.15, 0.2) is 28.7 Å².